The SMILES string of the molecule is Cc1ccc(CNC(=O)[C@@H]2C[C@H]3CC[C@@H]2C[C@@]32NC(=O)c3ccccc3O2)o1. The number of fused-ring (bicyclic) bond motifs is 3. The van der Waals surface area contributed by atoms with Crippen LogP contribution in [0.5, 0.6) is 5.75 Å². The molecule has 0 unspecified atom stereocenters. The smallest absolute Gasteiger partial charge is 0.258 e. The van der Waals surface area contributed by atoms with Crippen LogP contribution in [0.3, 0.4) is 0 Å². The number of amides is 2. The second-order valence-corrected chi connectivity index (χ2v) is 8.25. The minimum absolute atomic E-state index is 0.0434. The molecule has 2 heterocycles. The number of carbonyl (C=O) groups excluding carboxylic acids is 2. The molecule has 0 saturated heterocycles. The number of rotatable bonds is 3. The molecule has 4 atom stereocenters. The summed E-state index contributed by atoms with van der Waals surface area (Å²) < 4.78 is 11.9. The highest BCUT2D eigenvalue weighted by Crippen LogP contribution is 2.52. The Hall–Kier alpha value is -2.76. The van der Waals surface area contributed by atoms with Crippen molar-refractivity contribution in [2.75, 3.05) is 0 Å². The molecule has 1 spiro atoms. The Labute approximate surface area is 163 Å². The normalized spacial score (nSPS) is 30.5. The van der Waals surface area contributed by atoms with Crippen molar-refractivity contribution in [3.8, 4) is 5.75 Å². The number of benzene rings is 1. The average Bonchev–Trinajstić information content (AvgIpc) is 3.11. The standard InChI is InChI=1S/C22H24N2O4/c1-13-6-9-16(27-13)12-23-20(25)18-10-15-8-7-14(18)11-22(15)24-21(26)17-4-2-3-5-19(17)28-22/h2-6,9,14-15,18H,7-8,10-12H2,1H3,(H,23,25)(H,24,26)/t14-,15-,18-,22+/m1/s1. The maximum absolute atomic E-state index is 12.8. The fraction of sp³-hybridized carbons (Fsp3) is 0.455. The molecule has 6 nitrogen and oxygen atoms in total. The summed E-state index contributed by atoms with van der Waals surface area (Å²) in [5.74, 6) is 2.54. The van der Waals surface area contributed by atoms with E-state index < -0.39 is 5.72 Å². The van der Waals surface area contributed by atoms with Gasteiger partial charge in [0, 0.05) is 18.3 Å². The van der Waals surface area contributed by atoms with Gasteiger partial charge in [0.25, 0.3) is 5.91 Å². The van der Waals surface area contributed by atoms with Gasteiger partial charge in [0.05, 0.1) is 12.1 Å². The van der Waals surface area contributed by atoms with Crippen molar-refractivity contribution >= 4 is 11.8 Å². The minimum Gasteiger partial charge on any atom is -0.467 e. The third kappa shape index (κ3) is 2.79. The van der Waals surface area contributed by atoms with Gasteiger partial charge in [-0.2, -0.15) is 0 Å². The molecule has 3 saturated carbocycles. The van der Waals surface area contributed by atoms with Gasteiger partial charge in [-0.25, -0.2) is 0 Å². The van der Waals surface area contributed by atoms with Gasteiger partial charge in [0.2, 0.25) is 5.91 Å². The maximum atomic E-state index is 12.8. The molecular weight excluding hydrogens is 356 g/mol. The maximum Gasteiger partial charge on any atom is 0.258 e. The molecule has 1 aromatic carbocycles. The average molecular weight is 380 g/mol. The molecule has 1 aromatic heterocycles. The second-order valence-electron chi connectivity index (χ2n) is 8.25. The summed E-state index contributed by atoms with van der Waals surface area (Å²) in [6.45, 7) is 2.30. The van der Waals surface area contributed by atoms with Crippen LogP contribution in [-0.2, 0) is 11.3 Å². The van der Waals surface area contributed by atoms with Crippen molar-refractivity contribution in [1.82, 2.24) is 10.6 Å². The number of furan rings is 1. The van der Waals surface area contributed by atoms with Crippen molar-refractivity contribution in [3.63, 3.8) is 0 Å². The quantitative estimate of drug-likeness (QED) is 0.857. The fourth-order valence-corrected chi connectivity index (χ4v) is 5.17. The highest BCUT2D eigenvalue weighted by Gasteiger charge is 2.57. The van der Waals surface area contributed by atoms with E-state index in [0.29, 0.717) is 24.3 Å². The van der Waals surface area contributed by atoms with Gasteiger partial charge in [-0.15, -0.1) is 0 Å². The van der Waals surface area contributed by atoms with Gasteiger partial charge in [-0.1, -0.05) is 12.1 Å². The highest BCUT2D eigenvalue weighted by atomic mass is 16.5. The Balaban J connectivity index is 1.30. The van der Waals surface area contributed by atoms with E-state index in [-0.39, 0.29) is 29.6 Å². The molecule has 1 aliphatic heterocycles. The molecule has 2 bridgehead atoms. The van der Waals surface area contributed by atoms with Gasteiger partial charge in [-0.05, 0) is 56.4 Å². The highest BCUT2D eigenvalue weighted by molar-refractivity contribution is 5.98. The van der Waals surface area contributed by atoms with Gasteiger partial charge in [-0.3, -0.25) is 9.59 Å². The van der Waals surface area contributed by atoms with Crippen LogP contribution >= 0.6 is 0 Å². The van der Waals surface area contributed by atoms with Crippen LogP contribution in [0, 0.1) is 24.7 Å². The molecule has 3 aliphatic carbocycles. The van der Waals surface area contributed by atoms with E-state index in [9.17, 15) is 9.59 Å². The lowest BCUT2D eigenvalue weighted by Gasteiger charge is -2.55. The number of hydrogen-bond acceptors (Lipinski definition) is 4. The van der Waals surface area contributed by atoms with Crippen molar-refractivity contribution < 1.29 is 18.7 Å². The van der Waals surface area contributed by atoms with Crippen LogP contribution < -0.4 is 15.4 Å². The van der Waals surface area contributed by atoms with Crippen molar-refractivity contribution in [1.29, 1.82) is 0 Å². The summed E-state index contributed by atoms with van der Waals surface area (Å²) in [6, 6.07) is 11.2. The van der Waals surface area contributed by atoms with E-state index in [2.05, 4.69) is 10.6 Å². The van der Waals surface area contributed by atoms with E-state index in [4.69, 9.17) is 9.15 Å². The summed E-state index contributed by atoms with van der Waals surface area (Å²) in [6.07, 6.45) is 3.37. The molecule has 2 N–H and O–H groups in total. The Morgan fingerprint density at radius 1 is 1.25 bits per heavy atom. The predicted molar refractivity (Wildman–Crippen MR) is 101 cm³/mol. The summed E-state index contributed by atoms with van der Waals surface area (Å²) >= 11 is 0. The van der Waals surface area contributed by atoms with Gasteiger partial charge < -0.3 is 19.8 Å². The lowest BCUT2D eigenvalue weighted by atomic mass is 9.60. The predicted octanol–water partition coefficient (Wildman–Crippen LogP) is 3.16. The summed E-state index contributed by atoms with van der Waals surface area (Å²) in [5.41, 5.74) is -0.0962. The van der Waals surface area contributed by atoms with Crippen molar-refractivity contribution in [2.24, 2.45) is 17.8 Å². The van der Waals surface area contributed by atoms with Crippen LogP contribution in [-0.4, -0.2) is 17.5 Å². The molecular formula is C22H24N2O4. The largest absolute Gasteiger partial charge is 0.467 e. The zero-order chi connectivity index (χ0) is 19.3. The number of hydrogen-bond donors (Lipinski definition) is 2. The topological polar surface area (TPSA) is 80.6 Å². The molecule has 28 heavy (non-hydrogen) atoms. The van der Waals surface area contributed by atoms with Gasteiger partial charge >= 0.3 is 0 Å². The number of aryl methyl sites for hydroxylation is 1. The Bertz CT molecular complexity index is 936. The number of carbonyl (C=O) groups is 2. The minimum atomic E-state index is -0.677. The van der Waals surface area contributed by atoms with Gasteiger partial charge in [0.15, 0.2) is 5.72 Å². The van der Waals surface area contributed by atoms with E-state index in [1.807, 2.05) is 37.3 Å². The van der Waals surface area contributed by atoms with E-state index in [1.165, 1.54) is 0 Å². The van der Waals surface area contributed by atoms with Crippen LogP contribution in [0.15, 0.2) is 40.8 Å². The summed E-state index contributed by atoms with van der Waals surface area (Å²) in [7, 11) is 0. The lowest BCUT2D eigenvalue weighted by Crippen LogP contribution is -2.66. The first-order chi connectivity index (χ1) is 13.5. The number of para-hydroxylation sites is 1. The molecule has 2 amide bonds. The lowest BCUT2D eigenvalue weighted by molar-refractivity contribution is -0.146. The summed E-state index contributed by atoms with van der Waals surface area (Å²) in [5, 5.41) is 6.15. The first-order valence-corrected chi connectivity index (χ1v) is 9.98. The Morgan fingerprint density at radius 2 is 2.11 bits per heavy atom. The van der Waals surface area contributed by atoms with Crippen molar-refractivity contribution in [3.05, 3.63) is 53.5 Å². The van der Waals surface area contributed by atoms with Crippen LogP contribution in [0.2, 0.25) is 0 Å². The summed E-state index contributed by atoms with van der Waals surface area (Å²) in [4.78, 5) is 25.5. The number of ether oxygens (including phenoxy) is 1. The number of nitrogens with one attached hydrogen (secondary N) is 2. The molecule has 6 rings (SSSR count). The third-order valence-corrected chi connectivity index (χ3v) is 6.54. The molecule has 0 radical (unpaired) electrons. The third-order valence-electron chi connectivity index (χ3n) is 6.54. The van der Waals surface area contributed by atoms with Gasteiger partial charge in [0.1, 0.15) is 17.3 Å². The first-order valence-electron chi connectivity index (χ1n) is 9.98. The monoisotopic (exact) mass is 380 g/mol. The Kier molecular flexibility index (Phi) is 3.96. The Morgan fingerprint density at radius 3 is 2.86 bits per heavy atom. The molecule has 4 aliphatic rings. The van der Waals surface area contributed by atoms with Crippen LogP contribution in [0.25, 0.3) is 0 Å². The van der Waals surface area contributed by atoms with E-state index in [0.717, 1.165) is 30.8 Å². The molecule has 2 aromatic rings. The molecule has 146 valence electrons. The zero-order valence-electron chi connectivity index (χ0n) is 15.9. The van der Waals surface area contributed by atoms with E-state index in [1.54, 1.807) is 6.07 Å². The van der Waals surface area contributed by atoms with Crippen LogP contribution in [0.1, 0.15) is 47.6 Å². The van der Waals surface area contributed by atoms with Crippen molar-refractivity contribution in [2.45, 2.75) is 44.9 Å². The molecule has 6 heteroatoms. The fourth-order valence-electron chi connectivity index (χ4n) is 5.17. The molecule has 3 fully saturated rings. The van der Waals surface area contributed by atoms with Crippen LogP contribution in [0.4, 0.5) is 0 Å². The van der Waals surface area contributed by atoms with E-state index >= 15 is 0 Å². The second kappa shape index (κ2) is 6.40. The zero-order valence-corrected chi connectivity index (χ0v) is 15.9. The first kappa shape index (κ1) is 17.3.